The molecule has 1 aromatic heterocycles. The summed E-state index contributed by atoms with van der Waals surface area (Å²) in [5, 5.41) is 15.2. The predicted molar refractivity (Wildman–Crippen MR) is 250 cm³/mol. The number of nitriles is 1. The van der Waals surface area contributed by atoms with Crippen molar-refractivity contribution in [2.45, 2.75) is 189 Å². The van der Waals surface area contributed by atoms with E-state index in [9.17, 15) is 43.2 Å². The zero-order valence-electron chi connectivity index (χ0n) is 41.9. The first-order valence-corrected chi connectivity index (χ1v) is 24.2. The van der Waals surface area contributed by atoms with Crippen molar-refractivity contribution in [1.29, 1.82) is 5.26 Å². The van der Waals surface area contributed by atoms with Gasteiger partial charge in [0.25, 0.3) is 5.91 Å². The molecule has 2 heterocycles. The second-order valence-electron chi connectivity index (χ2n) is 19.6. The largest absolute Gasteiger partial charge is 0.451 e. The van der Waals surface area contributed by atoms with Crippen molar-refractivity contribution in [3.8, 4) is 6.07 Å². The van der Waals surface area contributed by atoms with Gasteiger partial charge in [-0.15, -0.1) is 0 Å². The zero-order valence-corrected chi connectivity index (χ0v) is 41.9. The van der Waals surface area contributed by atoms with Gasteiger partial charge in [0, 0.05) is 58.4 Å². The van der Waals surface area contributed by atoms with E-state index in [2.05, 4.69) is 22.5 Å². The molecule has 1 aliphatic heterocycles. The maximum Gasteiger partial charge on any atom is 0.329 e. The predicted octanol–water partition coefficient (Wildman–Crippen LogP) is 6.56. The maximum atomic E-state index is 14.8. The Hall–Kier alpha value is -4.94. The molecule has 0 spiro atoms. The van der Waals surface area contributed by atoms with E-state index in [-0.39, 0.29) is 80.8 Å². The number of pyridine rings is 1. The Bertz CT molecular complexity index is 1800. The van der Waals surface area contributed by atoms with Gasteiger partial charge in [-0.3, -0.25) is 33.8 Å². The molecule has 9 atom stereocenters. The number of ether oxygens (including phenoxy) is 1. The number of Topliss-reactive ketones (excluding diaryl/α,β-unsaturated/α-hetero) is 1. The van der Waals surface area contributed by atoms with Crippen LogP contribution in [0.4, 0.5) is 4.39 Å². The minimum Gasteiger partial charge on any atom is -0.451 e. The van der Waals surface area contributed by atoms with E-state index in [0.717, 1.165) is 49.6 Å². The van der Waals surface area contributed by atoms with Crippen LogP contribution in [0.15, 0.2) is 18.3 Å². The number of esters is 1. The van der Waals surface area contributed by atoms with Crippen molar-refractivity contribution >= 4 is 41.3 Å². The number of carbonyl (C=O) groups is 7. The average molecular weight is 926 g/mol. The van der Waals surface area contributed by atoms with Crippen LogP contribution in [-0.2, 0) is 44.7 Å². The summed E-state index contributed by atoms with van der Waals surface area (Å²) in [6.45, 7) is 17.1. The van der Waals surface area contributed by atoms with Gasteiger partial charge in [0.2, 0.25) is 23.6 Å². The first-order chi connectivity index (χ1) is 31.1. The Morgan fingerprint density at radius 1 is 0.758 bits per heavy atom. The number of nitrogens with one attached hydrogen (secondary N) is 2. The maximum absolute atomic E-state index is 14.8. The molecule has 66 heavy (non-hydrogen) atoms. The zero-order chi connectivity index (χ0) is 49.8. The number of ketones is 1. The summed E-state index contributed by atoms with van der Waals surface area (Å²) in [6, 6.07) is -1.24. The van der Waals surface area contributed by atoms with E-state index in [0.29, 0.717) is 5.69 Å². The first kappa shape index (κ1) is 57.2. The van der Waals surface area contributed by atoms with Gasteiger partial charge in [-0.05, 0) is 68.4 Å². The number of nitrogens with zero attached hydrogens (tertiary/aromatic N) is 5. The van der Waals surface area contributed by atoms with Crippen LogP contribution in [0.25, 0.3) is 0 Å². The summed E-state index contributed by atoms with van der Waals surface area (Å²) >= 11 is 0. The molecule has 1 aromatic rings. The van der Waals surface area contributed by atoms with Crippen molar-refractivity contribution in [2.24, 2.45) is 29.6 Å². The Morgan fingerprint density at radius 2 is 1.29 bits per heavy atom. The number of aromatic nitrogens is 1. The minimum absolute atomic E-state index is 0.0308. The van der Waals surface area contributed by atoms with E-state index >= 15 is 0 Å². The molecule has 1 fully saturated rings. The molecular weight excluding hydrogens is 846 g/mol. The topological polar surface area (TPSA) is 199 Å². The molecule has 0 aliphatic carbocycles. The number of halogens is 1. The Kier molecular flexibility index (Phi) is 24.5. The number of hydrogen-bond acceptors (Lipinski definition) is 10. The van der Waals surface area contributed by atoms with Gasteiger partial charge in [-0.2, -0.15) is 5.26 Å². The number of cyclic esters (lactones) is 1. The highest BCUT2D eigenvalue weighted by Gasteiger charge is 2.41. The fourth-order valence-corrected chi connectivity index (χ4v) is 8.54. The molecule has 16 heteroatoms. The van der Waals surface area contributed by atoms with Gasteiger partial charge >= 0.3 is 5.97 Å². The van der Waals surface area contributed by atoms with Crippen molar-refractivity contribution in [3.05, 3.63) is 29.8 Å². The van der Waals surface area contributed by atoms with Gasteiger partial charge in [-0.1, -0.05) is 93.9 Å². The summed E-state index contributed by atoms with van der Waals surface area (Å²) in [4.78, 5) is 109. The fraction of sp³-hybridized carbons (Fsp3) is 0.740. The third-order valence-electron chi connectivity index (χ3n) is 12.7. The monoisotopic (exact) mass is 926 g/mol. The molecular formula is C50H80FN7O8. The summed E-state index contributed by atoms with van der Waals surface area (Å²) in [5.74, 6) is -6.19. The quantitative estimate of drug-likeness (QED) is 0.152. The van der Waals surface area contributed by atoms with Crippen molar-refractivity contribution in [1.82, 2.24) is 30.3 Å². The Balaban J connectivity index is 2.92. The number of hydrogen-bond donors (Lipinski definition) is 2. The highest BCUT2D eigenvalue weighted by Crippen LogP contribution is 2.26. The number of carbonyl (C=O) groups excluding carboxylic acids is 7. The Labute approximate surface area is 393 Å². The van der Waals surface area contributed by atoms with Crippen molar-refractivity contribution < 1.29 is 42.7 Å². The van der Waals surface area contributed by atoms with Crippen LogP contribution in [0.3, 0.4) is 0 Å². The number of likely N-dealkylation sites (N-methyl/N-ethyl adjacent to an activating group) is 3. The summed E-state index contributed by atoms with van der Waals surface area (Å²) in [5.41, 5.74) is 0.302. The molecule has 0 radical (unpaired) electrons. The van der Waals surface area contributed by atoms with Crippen LogP contribution >= 0.6 is 0 Å². The van der Waals surface area contributed by atoms with E-state index < -0.39 is 83.6 Å². The molecule has 1 unspecified atom stereocenters. The second kappa shape index (κ2) is 28.3. The SMILES string of the molecule is CCCC[C@@H](C)CC1NC(=O)[C@H](Cc2ccc(F)cn2)N(C)C(=O)[C@H](CC(C)C)CC(=O)[C@H](CC(C)C)N(C)C(=O)[C@H](C[C@H](C)CCCC)NC(=O)[C@@H](CCC#N)OC(=O)[C@H](C)N(C)C1=O. The molecule has 5 amide bonds. The fourth-order valence-electron chi connectivity index (χ4n) is 8.54. The van der Waals surface area contributed by atoms with Crippen LogP contribution in [-0.4, -0.2) is 118 Å². The average Bonchev–Trinajstić information content (AvgIpc) is 3.27. The van der Waals surface area contributed by atoms with E-state index in [1.165, 1.54) is 50.0 Å². The van der Waals surface area contributed by atoms with Crippen LogP contribution < -0.4 is 10.6 Å². The van der Waals surface area contributed by atoms with E-state index in [1.54, 1.807) is 0 Å². The third kappa shape index (κ3) is 18.0. The molecule has 2 N–H and O–H groups in total. The third-order valence-corrected chi connectivity index (χ3v) is 12.7. The number of unbranched alkanes of at least 4 members (excludes halogenated alkanes) is 2. The molecule has 0 bridgehead atoms. The molecule has 2 rings (SSSR count). The van der Waals surface area contributed by atoms with E-state index in [1.807, 2.05) is 54.5 Å². The smallest absolute Gasteiger partial charge is 0.329 e. The lowest BCUT2D eigenvalue weighted by Crippen LogP contribution is -2.57. The number of rotatable bonds is 18. The lowest BCUT2D eigenvalue weighted by atomic mass is 9.86. The van der Waals surface area contributed by atoms with Gasteiger partial charge in [0.15, 0.2) is 11.9 Å². The van der Waals surface area contributed by atoms with Gasteiger partial charge in [0.1, 0.15) is 30.0 Å². The molecule has 0 saturated carbocycles. The lowest BCUT2D eigenvalue weighted by molar-refractivity contribution is -0.163. The van der Waals surface area contributed by atoms with Crippen LogP contribution in [0, 0.1) is 46.7 Å². The standard InChI is InChI=1S/C50H80FN7O8/c1-13-15-18-33(7)26-39-48(63)56(10)35(9)50(65)66-44(20-17-23-52)46(61)55-40(27-34(8)19-16-14-2)49(64)57(11)41(25-32(5)6)43(59)28-36(24-31(3)4)47(62)58(12)42(45(60)54-39)29-38-22-21-37(51)30-53-38/h21-22,30-36,39-42,44H,13-20,24-29H2,1-12H3,(H,54,60)(H,55,61)/t33-,34-,35+,36-,39?,40+,41+,42+,44-/m1/s1. The number of amides is 5. The van der Waals surface area contributed by atoms with Crippen LogP contribution in [0.5, 0.6) is 0 Å². The first-order valence-electron chi connectivity index (χ1n) is 24.2. The normalized spacial score (nSPS) is 24.7. The van der Waals surface area contributed by atoms with Gasteiger partial charge in [0.05, 0.1) is 18.3 Å². The molecule has 370 valence electrons. The van der Waals surface area contributed by atoms with Gasteiger partial charge in [-0.25, -0.2) is 9.18 Å². The highest BCUT2D eigenvalue weighted by molar-refractivity contribution is 5.97. The summed E-state index contributed by atoms with van der Waals surface area (Å²) < 4.78 is 19.8. The van der Waals surface area contributed by atoms with Gasteiger partial charge < -0.3 is 30.1 Å². The highest BCUT2D eigenvalue weighted by atomic mass is 19.1. The minimum atomic E-state index is -1.50. The molecule has 1 saturated heterocycles. The Morgan fingerprint density at radius 3 is 1.79 bits per heavy atom. The van der Waals surface area contributed by atoms with Crippen LogP contribution in [0.2, 0.25) is 0 Å². The van der Waals surface area contributed by atoms with Crippen molar-refractivity contribution in [2.75, 3.05) is 21.1 Å². The molecule has 15 nitrogen and oxygen atoms in total. The lowest BCUT2D eigenvalue weighted by Gasteiger charge is -2.35. The summed E-state index contributed by atoms with van der Waals surface area (Å²) in [7, 11) is 4.37. The van der Waals surface area contributed by atoms with E-state index in [4.69, 9.17) is 4.74 Å². The van der Waals surface area contributed by atoms with Crippen LogP contribution in [0.1, 0.15) is 151 Å². The molecule has 0 aromatic carbocycles. The van der Waals surface area contributed by atoms with Crippen molar-refractivity contribution in [3.63, 3.8) is 0 Å². The summed E-state index contributed by atoms with van der Waals surface area (Å²) in [6.07, 6.45) is 4.76. The second-order valence-corrected chi connectivity index (χ2v) is 19.6. The molecule has 1 aliphatic rings.